The van der Waals surface area contributed by atoms with Crippen molar-refractivity contribution in [2.45, 2.75) is 39.5 Å². The molecule has 2 aliphatic rings. The molecule has 0 amide bonds. The van der Waals surface area contributed by atoms with E-state index in [0.29, 0.717) is 29.0 Å². The smallest absolute Gasteiger partial charge is 0.232 e. The average Bonchev–Trinajstić information content (AvgIpc) is 2.95. The second-order valence-corrected chi connectivity index (χ2v) is 7.57. The molecular formula is C22H24N2O4. The molecule has 146 valence electrons. The highest BCUT2D eigenvalue weighted by Gasteiger charge is 2.34. The van der Waals surface area contributed by atoms with Gasteiger partial charge in [0.05, 0.1) is 23.3 Å². The zero-order chi connectivity index (χ0) is 19.8. The van der Waals surface area contributed by atoms with Crippen molar-refractivity contribution in [3.63, 3.8) is 0 Å². The van der Waals surface area contributed by atoms with Crippen molar-refractivity contribution in [3.05, 3.63) is 58.6 Å². The number of ketones is 1. The van der Waals surface area contributed by atoms with Crippen LogP contribution in [0.1, 0.15) is 40.9 Å². The lowest BCUT2D eigenvalue weighted by Crippen LogP contribution is -2.44. The van der Waals surface area contributed by atoms with Crippen LogP contribution in [0.2, 0.25) is 0 Å². The second kappa shape index (κ2) is 7.37. The highest BCUT2D eigenvalue weighted by atomic mass is 16.5. The summed E-state index contributed by atoms with van der Waals surface area (Å²) in [5.74, 6) is 0.700. The SMILES string of the molecule is Cc1cc(O)c(CN2CC(C)OC(C)C2)c2c1C(=O)/C(=C/c1cccnc1)O2. The number of rotatable bonds is 3. The van der Waals surface area contributed by atoms with Crippen LogP contribution in [0.4, 0.5) is 0 Å². The molecule has 1 aromatic heterocycles. The molecule has 4 rings (SSSR count). The Bertz CT molecular complexity index is 929. The van der Waals surface area contributed by atoms with Crippen molar-refractivity contribution in [1.29, 1.82) is 0 Å². The van der Waals surface area contributed by atoms with Crippen molar-refractivity contribution in [1.82, 2.24) is 9.88 Å². The van der Waals surface area contributed by atoms with E-state index in [1.54, 1.807) is 24.5 Å². The Morgan fingerprint density at radius 1 is 1.32 bits per heavy atom. The van der Waals surface area contributed by atoms with Gasteiger partial charge in [-0.2, -0.15) is 0 Å². The summed E-state index contributed by atoms with van der Waals surface area (Å²) < 4.78 is 11.8. The van der Waals surface area contributed by atoms with Crippen LogP contribution in [0.5, 0.6) is 11.5 Å². The number of carbonyl (C=O) groups excluding carboxylic acids is 1. The number of aromatic nitrogens is 1. The molecule has 2 aromatic rings. The molecule has 2 atom stereocenters. The highest BCUT2D eigenvalue weighted by molar-refractivity contribution is 6.15. The topological polar surface area (TPSA) is 71.9 Å². The molecule has 6 nitrogen and oxygen atoms in total. The summed E-state index contributed by atoms with van der Waals surface area (Å²) in [5.41, 5.74) is 2.67. The standard InChI is InChI=1S/C22H24N2O4/c1-13-7-18(25)17(12-24-10-14(2)27-15(3)11-24)22-20(13)21(26)19(28-22)8-16-5-4-6-23-9-16/h4-9,14-15,25H,10-12H2,1-3H3/b19-8-. The zero-order valence-corrected chi connectivity index (χ0v) is 16.3. The van der Waals surface area contributed by atoms with E-state index in [-0.39, 0.29) is 29.5 Å². The lowest BCUT2D eigenvalue weighted by molar-refractivity contribution is -0.0707. The minimum absolute atomic E-state index is 0.118. The highest BCUT2D eigenvalue weighted by Crippen LogP contribution is 2.42. The predicted molar refractivity (Wildman–Crippen MR) is 105 cm³/mol. The van der Waals surface area contributed by atoms with E-state index >= 15 is 0 Å². The van der Waals surface area contributed by atoms with Gasteiger partial charge in [0.25, 0.3) is 0 Å². The number of aromatic hydroxyl groups is 1. The Balaban J connectivity index is 1.69. The molecule has 0 bridgehead atoms. The third-order valence-electron chi connectivity index (χ3n) is 5.08. The number of nitrogens with zero attached hydrogens (tertiary/aromatic N) is 2. The maximum Gasteiger partial charge on any atom is 0.232 e. The Morgan fingerprint density at radius 2 is 2.07 bits per heavy atom. The quantitative estimate of drug-likeness (QED) is 0.824. The van der Waals surface area contributed by atoms with Gasteiger partial charge in [-0.05, 0) is 50.1 Å². The normalized spacial score (nSPS) is 23.7. The molecule has 1 saturated heterocycles. The Morgan fingerprint density at radius 3 is 2.75 bits per heavy atom. The number of ether oxygens (including phenoxy) is 2. The molecule has 0 aliphatic carbocycles. The summed E-state index contributed by atoms with van der Waals surface area (Å²) in [5, 5.41) is 10.6. The lowest BCUT2D eigenvalue weighted by Gasteiger charge is -2.35. The van der Waals surface area contributed by atoms with Gasteiger partial charge in [-0.15, -0.1) is 0 Å². The first-order chi connectivity index (χ1) is 13.4. The number of hydrogen-bond acceptors (Lipinski definition) is 6. The van der Waals surface area contributed by atoms with E-state index < -0.39 is 0 Å². The molecule has 1 fully saturated rings. The minimum atomic E-state index is -0.165. The summed E-state index contributed by atoms with van der Waals surface area (Å²) in [6.07, 6.45) is 5.28. The number of allylic oxidation sites excluding steroid dienone is 1. The number of fused-ring (bicyclic) bond motifs is 1. The number of hydrogen-bond donors (Lipinski definition) is 1. The molecule has 28 heavy (non-hydrogen) atoms. The molecule has 6 heteroatoms. The van der Waals surface area contributed by atoms with Gasteiger partial charge in [-0.25, -0.2) is 0 Å². The largest absolute Gasteiger partial charge is 0.507 e. The van der Waals surface area contributed by atoms with E-state index in [9.17, 15) is 9.90 Å². The van der Waals surface area contributed by atoms with Gasteiger partial charge < -0.3 is 14.6 Å². The van der Waals surface area contributed by atoms with E-state index in [1.807, 2.05) is 32.9 Å². The molecule has 0 spiro atoms. The van der Waals surface area contributed by atoms with Crippen molar-refractivity contribution in [2.24, 2.45) is 0 Å². The first-order valence-electron chi connectivity index (χ1n) is 9.50. The summed E-state index contributed by atoms with van der Waals surface area (Å²) in [6.45, 7) is 7.92. The average molecular weight is 380 g/mol. The molecule has 2 aliphatic heterocycles. The number of pyridine rings is 1. The maximum absolute atomic E-state index is 13.0. The van der Waals surface area contributed by atoms with Gasteiger partial charge in [0, 0.05) is 32.0 Å². The van der Waals surface area contributed by atoms with Crippen molar-refractivity contribution < 1.29 is 19.4 Å². The van der Waals surface area contributed by atoms with Gasteiger partial charge in [0.2, 0.25) is 5.78 Å². The molecule has 1 N–H and O–H groups in total. The Kier molecular flexibility index (Phi) is 4.91. The summed E-state index contributed by atoms with van der Waals surface area (Å²) in [4.78, 5) is 19.2. The predicted octanol–water partition coefficient (Wildman–Crippen LogP) is 3.32. The van der Waals surface area contributed by atoms with Gasteiger partial charge in [0.15, 0.2) is 5.76 Å². The van der Waals surface area contributed by atoms with E-state index in [2.05, 4.69) is 9.88 Å². The third kappa shape index (κ3) is 3.53. The number of morpholine rings is 1. The first kappa shape index (κ1) is 18.7. The van der Waals surface area contributed by atoms with E-state index in [4.69, 9.17) is 9.47 Å². The van der Waals surface area contributed by atoms with Gasteiger partial charge in [-0.3, -0.25) is 14.7 Å². The summed E-state index contributed by atoms with van der Waals surface area (Å²) in [7, 11) is 0. The number of benzene rings is 1. The van der Waals surface area contributed by atoms with Crippen LogP contribution in [-0.2, 0) is 11.3 Å². The Hall–Kier alpha value is -2.70. The maximum atomic E-state index is 13.0. The summed E-state index contributed by atoms with van der Waals surface area (Å²) in [6, 6.07) is 5.32. The van der Waals surface area contributed by atoms with Crippen molar-refractivity contribution in [3.8, 4) is 11.5 Å². The fraction of sp³-hybridized carbons (Fsp3) is 0.364. The number of Topliss-reactive ketones (excluding diaryl/α,β-unsaturated/α-hetero) is 1. The number of carbonyl (C=O) groups is 1. The van der Waals surface area contributed by atoms with Crippen molar-refractivity contribution >= 4 is 11.9 Å². The number of phenolic OH excluding ortho intramolecular Hbond substituents is 1. The van der Waals surface area contributed by atoms with Crippen LogP contribution < -0.4 is 4.74 Å². The molecule has 1 aromatic carbocycles. The van der Waals surface area contributed by atoms with E-state index in [1.165, 1.54) is 0 Å². The summed E-state index contributed by atoms with van der Waals surface area (Å²) >= 11 is 0. The van der Waals surface area contributed by atoms with Gasteiger partial charge in [-0.1, -0.05) is 6.07 Å². The van der Waals surface area contributed by atoms with Crippen LogP contribution in [0.3, 0.4) is 0 Å². The van der Waals surface area contributed by atoms with Crippen molar-refractivity contribution in [2.75, 3.05) is 13.1 Å². The van der Waals surface area contributed by atoms with Gasteiger partial charge >= 0.3 is 0 Å². The first-order valence-corrected chi connectivity index (χ1v) is 9.50. The molecule has 3 heterocycles. The monoisotopic (exact) mass is 380 g/mol. The molecule has 0 saturated carbocycles. The fourth-order valence-corrected chi connectivity index (χ4v) is 3.98. The fourth-order valence-electron chi connectivity index (χ4n) is 3.98. The Labute approximate surface area is 164 Å². The van der Waals surface area contributed by atoms with E-state index in [0.717, 1.165) is 18.7 Å². The second-order valence-electron chi connectivity index (χ2n) is 7.57. The number of aryl methyl sites for hydroxylation is 1. The lowest BCUT2D eigenvalue weighted by atomic mass is 9.99. The van der Waals surface area contributed by atoms with Crippen LogP contribution in [-0.4, -0.2) is 46.1 Å². The van der Waals surface area contributed by atoms with Crippen LogP contribution >= 0.6 is 0 Å². The molecular weight excluding hydrogens is 356 g/mol. The third-order valence-corrected chi connectivity index (χ3v) is 5.08. The van der Waals surface area contributed by atoms with Crippen LogP contribution in [0.15, 0.2) is 36.4 Å². The minimum Gasteiger partial charge on any atom is -0.507 e. The van der Waals surface area contributed by atoms with Crippen LogP contribution in [0.25, 0.3) is 6.08 Å². The van der Waals surface area contributed by atoms with Gasteiger partial charge in [0.1, 0.15) is 11.5 Å². The molecule has 2 unspecified atom stereocenters. The van der Waals surface area contributed by atoms with Crippen LogP contribution in [0, 0.1) is 6.92 Å². The number of phenols is 1. The zero-order valence-electron chi connectivity index (χ0n) is 16.3. The molecule has 0 radical (unpaired) electrons.